The van der Waals surface area contributed by atoms with Gasteiger partial charge >= 0.3 is 0 Å². The van der Waals surface area contributed by atoms with E-state index in [9.17, 15) is 4.79 Å². The largest absolute Gasteiger partial charge is 0.306 e. The molecule has 1 aromatic carbocycles. The van der Waals surface area contributed by atoms with Crippen LogP contribution in [-0.4, -0.2) is 28.4 Å². The fraction of sp³-hybridized carbons (Fsp3) is 0.231. The number of anilines is 1. The van der Waals surface area contributed by atoms with Crippen LogP contribution in [0.4, 0.5) is 5.69 Å². The molecule has 0 saturated carbocycles. The van der Waals surface area contributed by atoms with Crippen molar-refractivity contribution in [1.29, 1.82) is 0 Å². The molecule has 1 amide bonds. The molecule has 0 spiro atoms. The highest BCUT2D eigenvalue weighted by Crippen LogP contribution is 2.35. The number of hydrogen-bond donors (Lipinski definition) is 1. The van der Waals surface area contributed by atoms with Crippen LogP contribution in [0.2, 0.25) is 0 Å². The summed E-state index contributed by atoms with van der Waals surface area (Å²) < 4.78 is 0. The monoisotopic (exact) mass is 259 g/mol. The molecular formula is C13H13N3OS. The molecule has 0 atom stereocenters. The first kappa shape index (κ1) is 11.3. The van der Waals surface area contributed by atoms with Crippen LogP contribution < -0.4 is 4.90 Å². The van der Waals surface area contributed by atoms with Crippen molar-refractivity contribution in [3.05, 3.63) is 41.7 Å². The fourth-order valence-corrected chi connectivity index (χ4v) is 3.09. The molecule has 5 heteroatoms. The summed E-state index contributed by atoms with van der Waals surface area (Å²) in [7, 11) is 0. The van der Waals surface area contributed by atoms with Gasteiger partial charge in [-0.3, -0.25) is 9.89 Å². The molecule has 1 aliphatic rings. The second-order valence-corrected chi connectivity index (χ2v) is 5.32. The Morgan fingerprint density at radius 2 is 2.28 bits per heavy atom. The zero-order valence-electron chi connectivity index (χ0n) is 10.0. The van der Waals surface area contributed by atoms with Crippen molar-refractivity contribution < 1.29 is 4.79 Å². The molecule has 2 aromatic rings. The lowest BCUT2D eigenvalue weighted by molar-refractivity contribution is 0.0987. The summed E-state index contributed by atoms with van der Waals surface area (Å²) in [6, 6.07) is 8.02. The molecule has 0 radical (unpaired) electrons. The summed E-state index contributed by atoms with van der Waals surface area (Å²) in [4.78, 5) is 15.5. The van der Waals surface area contributed by atoms with Gasteiger partial charge in [0.25, 0.3) is 5.91 Å². The van der Waals surface area contributed by atoms with Crippen LogP contribution in [0.1, 0.15) is 16.1 Å². The normalized spacial score (nSPS) is 14.4. The molecule has 0 unspecified atom stereocenters. The van der Waals surface area contributed by atoms with E-state index in [0.29, 0.717) is 5.56 Å². The molecule has 0 saturated heterocycles. The summed E-state index contributed by atoms with van der Waals surface area (Å²) in [5.74, 6) is 0.952. The number of rotatable bonds is 1. The number of benzene rings is 1. The first-order valence-electron chi connectivity index (χ1n) is 5.81. The Kier molecular flexibility index (Phi) is 2.83. The van der Waals surface area contributed by atoms with E-state index in [4.69, 9.17) is 0 Å². The minimum absolute atomic E-state index is 0.0222. The molecule has 0 fully saturated rings. The maximum absolute atomic E-state index is 12.5. The van der Waals surface area contributed by atoms with Crippen LogP contribution in [0.3, 0.4) is 0 Å². The van der Waals surface area contributed by atoms with Gasteiger partial charge in [-0.25, -0.2) is 0 Å². The number of hydrogen-bond acceptors (Lipinski definition) is 3. The lowest BCUT2D eigenvalue weighted by Gasteiger charge is -2.28. The summed E-state index contributed by atoms with van der Waals surface area (Å²) in [6.45, 7) is 2.61. The van der Waals surface area contributed by atoms with Crippen molar-refractivity contribution in [3.63, 3.8) is 0 Å². The lowest BCUT2D eigenvalue weighted by atomic mass is 10.2. The molecule has 1 aromatic heterocycles. The lowest BCUT2D eigenvalue weighted by Crippen LogP contribution is -2.35. The highest BCUT2D eigenvalue weighted by atomic mass is 32.2. The van der Waals surface area contributed by atoms with Crippen LogP contribution in [0, 0.1) is 6.92 Å². The van der Waals surface area contributed by atoms with E-state index >= 15 is 0 Å². The second-order valence-electron chi connectivity index (χ2n) is 4.18. The first-order chi connectivity index (χ1) is 8.77. The predicted octanol–water partition coefficient (Wildman–Crippen LogP) is 2.47. The number of fused-ring (bicyclic) bond motifs is 1. The first-order valence-corrected chi connectivity index (χ1v) is 6.79. The third-order valence-electron chi connectivity index (χ3n) is 3.03. The van der Waals surface area contributed by atoms with Gasteiger partial charge in [-0.15, -0.1) is 11.8 Å². The standard InChI is InChI=1S/C13H13N3OS/c1-9-10(8-14-15-9)13(17)16-6-7-18-12-5-3-2-4-11(12)16/h2-5,8H,6-7H2,1H3,(H,14,15). The molecule has 92 valence electrons. The zero-order valence-corrected chi connectivity index (χ0v) is 10.8. The van der Waals surface area contributed by atoms with Crippen LogP contribution >= 0.6 is 11.8 Å². The molecule has 18 heavy (non-hydrogen) atoms. The molecule has 4 nitrogen and oxygen atoms in total. The Labute approximate surface area is 109 Å². The summed E-state index contributed by atoms with van der Waals surface area (Å²) in [5.41, 5.74) is 2.46. The quantitative estimate of drug-likeness (QED) is 0.856. The average Bonchev–Trinajstić information content (AvgIpc) is 2.83. The van der Waals surface area contributed by atoms with Crippen molar-refractivity contribution in [2.24, 2.45) is 0 Å². The van der Waals surface area contributed by atoms with Gasteiger partial charge in [-0.05, 0) is 19.1 Å². The van der Waals surface area contributed by atoms with E-state index in [0.717, 1.165) is 23.7 Å². The number of nitrogens with zero attached hydrogens (tertiary/aromatic N) is 2. The van der Waals surface area contributed by atoms with E-state index in [1.165, 1.54) is 4.90 Å². The van der Waals surface area contributed by atoms with E-state index < -0.39 is 0 Å². The van der Waals surface area contributed by atoms with Gasteiger partial charge in [0.1, 0.15) is 0 Å². The van der Waals surface area contributed by atoms with Crippen LogP contribution in [0.5, 0.6) is 0 Å². The molecular weight excluding hydrogens is 246 g/mol. The average molecular weight is 259 g/mol. The van der Waals surface area contributed by atoms with Gasteiger partial charge in [-0.2, -0.15) is 5.10 Å². The Balaban J connectivity index is 2.00. The van der Waals surface area contributed by atoms with Crippen LogP contribution in [-0.2, 0) is 0 Å². The summed E-state index contributed by atoms with van der Waals surface area (Å²) in [5, 5.41) is 6.73. The van der Waals surface area contributed by atoms with Crippen molar-refractivity contribution in [2.75, 3.05) is 17.2 Å². The molecule has 1 aliphatic heterocycles. The highest BCUT2D eigenvalue weighted by molar-refractivity contribution is 7.99. The van der Waals surface area contributed by atoms with Gasteiger partial charge in [0, 0.05) is 22.9 Å². The topological polar surface area (TPSA) is 49.0 Å². The maximum atomic E-state index is 12.5. The van der Waals surface area contributed by atoms with Crippen molar-refractivity contribution in [2.45, 2.75) is 11.8 Å². The number of nitrogens with one attached hydrogen (secondary N) is 1. The number of aryl methyl sites for hydroxylation is 1. The van der Waals surface area contributed by atoms with E-state index in [1.807, 2.05) is 30.0 Å². The molecule has 0 bridgehead atoms. The number of H-pyrrole nitrogens is 1. The Hall–Kier alpha value is -1.75. The van der Waals surface area contributed by atoms with Gasteiger partial charge in [-0.1, -0.05) is 12.1 Å². The van der Waals surface area contributed by atoms with E-state index in [-0.39, 0.29) is 5.91 Å². The number of thioether (sulfide) groups is 1. The second kappa shape index (κ2) is 4.49. The van der Waals surface area contributed by atoms with E-state index in [1.54, 1.807) is 18.0 Å². The van der Waals surface area contributed by atoms with Gasteiger partial charge < -0.3 is 4.90 Å². The van der Waals surface area contributed by atoms with Crippen LogP contribution in [0.25, 0.3) is 0 Å². The zero-order chi connectivity index (χ0) is 12.5. The Morgan fingerprint density at radius 1 is 1.44 bits per heavy atom. The third-order valence-corrected chi connectivity index (χ3v) is 4.08. The number of carbonyl (C=O) groups excluding carboxylic acids is 1. The SMILES string of the molecule is Cc1[nH]ncc1C(=O)N1CCSc2ccccc21. The number of aromatic amines is 1. The Morgan fingerprint density at radius 3 is 3.06 bits per heavy atom. The number of carbonyl (C=O) groups is 1. The summed E-state index contributed by atoms with van der Waals surface area (Å²) in [6.07, 6.45) is 1.60. The molecule has 3 rings (SSSR count). The number of amides is 1. The minimum Gasteiger partial charge on any atom is -0.306 e. The van der Waals surface area contributed by atoms with Crippen LogP contribution in [0.15, 0.2) is 35.4 Å². The predicted molar refractivity (Wildman–Crippen MR) is 72.2 cm³/mol. The molecule has 0 aliphatic carbocycles. The fourth-order valence-electron chi connectivity index (χ4n) is 2.09. The molecule has 1 N–H and O–H groups in total. The van der Waals surface area contributed by atoms with Gasteiger partial charge in [0.2, 0.25) is 0 Å². The minimum atomic E-state index is 0.0222. The van der Waals surface area contributed by atoms with Crippen molar-refractivity contribution >= 4 is 23.4 Å². The smallest absolute Gasteiger partial charge is 0.261 e. The molecule has 2 heterocycles. The van der Waals surface area contributed by atoms with Gasteiger partial charge in [0.15, 0.2) is 0 Å². The Bertz CT molecular complexity index is 593. The summed E-state index contributed by atoms with van der Waals surface area (Å²) >= 11 is 1.79. The van der Waals surface area contributed by atoms with Gasteiger partial charge in [0.05, 0.1) is 17.4 Å². The maximum Gasteiger partial charge on any atom is 0.261 e. The van der Waals surface area contributed by atoms with Crippen molar-refractivity contribution in [1.82, 2.24) is 10.2 Å². The van der Waals surface area contributed by atoms with Crippen molar-refractivity contribution in [3.8, 4) is 0 Å². The third kappa shape index (κ3) is 1.80. The highest BCUT2D eigenvalue weighted by Gasteiger charge is 2.25. The number of para-hydroxylation sites is 1. The van der Waals surface area contributed by atoms with E-state index in [2.05, 4.69) is 16.3 Å². The number of aromatic nitrogens is 2.